The first kappa shape index (κ1) is 11.1. The summed E-state index contributed by atoms with van der Waals surface area (Å²) < 4.78 is 5.09. The normalized spacial score (nSPS) is 12.6. The highest BCUT2D eigenvalue weighted by atomic mass is 35.5. The van der Waals surface area contributed by atoms with E-state index < -0.39 is 0 Å². The lowest BCUT2D eigenvalue weighted by atomic mass is 10.1. The Morgan fingerprint density at radius 2 is 2.38 bits per heavy atom. The first-order valence-electron chi connectivity index (χ1n) is 5.05. The van der Waals surface area contributed by atoms with Gasteiger partial charge in [-0.05, 0) is 24.2 Å². The van der Waals surface area contributed by atoms with E-state index >= 15 is 0 Å². The molecule has 1 unspecified atom stereocenters. The summed E-state index contributed by atoms with van der Waals surface area (Å²) in [6, 6.07) is 1.76. The number of nitrogens with one attached hydrogen (secondary N) is 1. The second-order valence-electron chi connectivity index (χ2n) is 3.27. The Morgan fingerprint density at radius 3 is 2.94 bits per heavy atom. The molecule has 2 aromatic rings. The van der Waals surface area contributed by atoms with E-state index in [4.69, 9.17) is 16.0 Å². The Kier molecular flexibility index (Phi) is 3.54. The van der Waals surface area contributed by atoms with Crippen molar-refractivity contribution >= 4 is 11.6 Å². The van der Waals surface area contributed by atoms with Crippen molar-refractivity contribution in [2.75, 3.05) is 6.54 Å². The standard InChI is InChI=1S/C11H12ClN3O/c1-2-14-10(8-3-6-16-11(8)12)9-7-13-4-5-15-9/h3-7,10,14H,2H2,1H3. The molecule has 0 saturated carbocycles. The van der Waals surface area contributed by atoms with Crippen molar-refractivity contribution in [1.29, 1.82) is 0 Å². The number of aromatic nitrogens is 2. The zero-order valence-corrected chi connectivity index (χ0v) is 9.61. The van der Waals surface area contributed by atoms with Gasteiger partial charge in [0.25, 0.3) is 0 Å². The molecule has 5 heteroatoms. The van der Waals surface area contributed by atoms with Crippen molar-refractivity contribution < 1.29 is 4.42 Å². The van der Waals surface area contributed by atoms with Crippen LogP contribution in [0.2, 0.25) is 5.22 Å². The lowest BCUT2D eigenvalue weighted by Crippen LogP contribution is -2.22. The third-order valence-corrected chi connectivity index (χ3v) is 2.55. The maximum atomic E-state index is 5.97. The second kappa shape index (κ2) is 5.09. The van der Waals surface area contributed by atoms with Crippen LogP contribution in [0.5, 0.6) is 0 Å². The molecule has 2 aromatic heterocycles. The average Bonchev–Trinajstić information content (AvgIpc) is 2.73. The monoisotopic (exact) mass is 237 g/mol. The Bertz CT molecular complexity index is 444. The van der Waals surface area contributed by atoms with Gasteiger partial charge in [0.15, 0.2) is 5.22 Å². The van der Waals surface area contributed by atoms with Gasteiger partial charge in [-0.2, -0.15) is 0 Å². The van der Waals surface area contributed by atoms with Crippen LogP contribution in [0.3, 0.4) is 0 Å². The van der Waals surface area contributed by atoms with Gasteiger partial charge in [-0.1, -0.05) is 6.92 Å². The van der Waals surface area contributed by atoms with Gasteiger partial charge in [0.1, 0.15) is 0 Å². The second-order valence-corrected chi connectivity index (χ2v) is 3.61. The quantitative estimate of drug-likeness (QED) is 0.887. The van der Waals surface area contributed by atoms with Crippen LogP contribution in [0.25, 0.3) is 0 Å². The number of hydrogen-bond acceptors (Lipinski definition) is 4. The minimum absolute atomic E-state index is 0.0788. The molecule has 0 amide bonds. The Labute approximate surface area is 98.7 Å². The number of furan rings is 1. The van der Waals surface area contributed by atoms with Crippen LogP contribution in [0.15, 0.2) is 35.3 Å². The molecular weight excluding hydrogens is 226 g/mol. The summed E-state index contributed by atoms with van der Waals surface area (Å²) in [6.45, 7) is 2.83. The minimum atomic E-state index is -0.0788. The van der Waals surface area contributed by atoms with Crippen LogP contribution in [0, 0.1) is 0 Å². The fraction of sp³-hybridized carbons (Fsp3) is 0.273. The molecule has 2 rings (SSSR count). The van der Waals surface area contributed by atoms with Crippen molar-refractivity contribution in [3.63, 3.8) is 0 Å². The summed E-state index contributed by atoms with van der Waals surface area (Å²) in [7, 11) is 0. The van der Waals surface area contributed by atoms with E-state index in [9.17, 15) is 0 Å². The zero-order valence-electron chi connectivity index (χ0n) is 8.85. The molecule has 0 aromatic carbocycles. The van der Waals surface area contributed by atoms with Gasteiger partial charge in [0.05, 0.1) is 24.2 Å². The van der Waals surface area contributed by atoms with Crippen molar-refractivity contribution in [3.8, 4) is 0 Å². The van der Waals surface area contributed by atoms with E-state index in [0.717, 1.165) is 17.8 Å². The molecule has 0 fully saturated rings. The topological polar surface area (TPSA) is 51.0 Å². The van der Waals surface area contributed by atoms with Gasteiger partial charge in [-0.3, -0.25) is 9.97 Å². The lowest BCUT2D eigenvalue weighted by molar-refractivity contribution is 0.552. The summed E-state index contributed by atoms with van der Waals surface area (Å²) in [5.74, 6) is 0. The molecule has 0 spiro atoms. The number of hydrogen-bond donors (Lipinski definition) is 1. The van der Waals surface area contributed by atoms with Crippen LogP contribution >= 0.6 is 11.6 Å². The van der Waals surface area contributed by atoms with Crippen LogP contribution in [-0.2, 0) is 0 Å². The molecule has 0 aliphatic carbocycles. The van der Waals surface area contributed by atoms with Crippen molar-refractivity contribution in [1.82, 2.24) is 15.3 Å². The molecule has 0 aliphatic rings. The van der Waals surface area contributed by atoms with Gasteiger partial charge in [0.2, 0.25) is 0 Å². The van der Waals surface area contributed by atoms with E-state index in [1.54, 1.807) is 24.9 Å². The molecule has 4 nitrogen and oxygen atoms in total. The van der Waals surface area contributed by atoms with Crippen LogP contribution < -0.4 is 5.32 Å². The third kappa shape index (κ3) is 2.23. The predicted octanol–water partition coefficient (Wildman–Crippen LogP) is 2.42. The molecule has 2 heterocycles. The highest BCUT2D eigenvalue weighted by Crippen LogP contribution is 2.27. The largest absolute Gasteiger partial charge is 0.453 e. The molecule has 0 radical (unpaired) electrons. The van der Waals surface area contributed by atoms with E-state index in [1.165, 1.54) is 0 Å². The molecule has 1 N–H and O–H groups in total. The third-order valence-electron chi connectivity index (χ3n) is 2.24. The maximum Gasteiger partial charge on any atom is 0.198 e. The molecule has 0 aliphatic heterocycles. The van der Waals surface area contributed by atoms with E-state index in [0.29, 0.717) is 5.22 Å². The van der Waals surface area contributed by atoms with Crippen LogP contribution in [0.4, 0.5) is 0 Å². The SMILES string of the molecule is CCNC(c1cnccn1)c1ccoc1Cl. The highest BCUT2D eigenvalue weighted by Gasteiger charge is 2.19. The smallest absolute Gasteiger partial charge is 0.198 e. The number of nitrogens with zero attached hydrogens (tertiary/aromatic N) is 2. The molecule has 16 heavy (non-hydrogen) atoms. The van der Waals surface area contributed by atoms with Crippen LogP contribution in [0.1, 0.15) is 24.2 Å². The summed E-state index contributed by atoms with van der Waals surface area (Å²) in [6.07, 6.45) is 6.59. The highest BCUT2D eigenvalue weighted by molar-refractivity contribution is 6.29. The number of halogens is 1. The van der Waals surface area contributed by atoms with Gasteiger partial charge < -0.3 is 9.73 Å². The summed E-state index contributed by atoms with van der Waals surface area (Å²) in [5.41, 5.74) is 1.71. The Hall–Kier alpha value is -1.39. The Morgan fingerprint density at radius 1 is 1.50 bits per heavy atom. The van der Waals surface area contributed by atoms with Gasteiger partial charge in [-0.25, -0.2) is 0 Å². The number of rotatable bonds is 4. The summed E-state index contributed by atoms with van der Waals surface area (Å²) in [4.78, 5) is 8.32. The first-order chi connectivity index (χ1) is 7.83. The zero-order chi connectivity index (χ0) is 11.4. The maximum absolute atomic E-state index is 5.97. The molecule has 0 saturated heterocycles. The van der Waals surface area contributed by atoms with Gasteiger partial charge in [0, 0.05) is 18.0 Å². The summed E-state index contributed by atoms with van der Waals surface area (Å²) >= 11 is 5.97. The van der Waals surface area contributed by atoms with Gasteiger partial charge >= 0.3 is 0 Å². The van der Waals surface area contributed by atoms with Crippen LogP contribution in [-0.4, -0.2) is 16.5 Å². The summed E-state index contributed by atoms with van der Waals surface area (Å²) in [5, 5.41) is 3.68. The molecule has 84 valence electrons. The molecule has 1 atom stereocenters. The minimum Gasteiger partial charge on any atom is -0.453 e. The first-order valence-corrected chi connectivity index (χ1v) is 5.43. The Balaban J connectivity index is 2.35. The van der Waals surface area contributed by atoms with E-state index in [-0.39, 0.29) is 6.04 Å². The predicted molar refractivity (Wildman–Crippen MR) is 61.3 cm³/mol. The van der Waals surface area contributed by atoms with Crippen molar-refractivity contribution in [2.24, 2.45) is 0 Å². The van der Waals surface area contributed by atoms with Crippen molar-refractivity contribution in [2.45, 2.75) is 13.0 Å². The van der Waals surface area contributed by atoms with Crippen molar-refractivity contribution in [3.05, 3.63) is 47.4 Å². The van der Waals surface area contributed by atoms with E-state index in [1.807, 2.05) is 13.0 Å². The lowest BCUT2D eigenvalue weighted by Gasteiger charge is -2.15. The fourth-order valence-electron chi connectivity index (χ4n) is 1.55. The average molecular weight is 238 g/mol. The molecular formula is C11H12ClN3O. The van der Waals surface area contributed by atoms with Gasteiger partial charge in [-0.15, -0.1) is 0 Å². The van der Waals surface area contributed by atoms with E-state index in [2.05, 4.69) is 15.3 Å². The molecule has 0 bridgehead atoms. The fourth-order valence-corrected chi connectivity index (χ4v) is 1.77.